The predicted octanol–water partition coefficient (Wildman–Crippen LogP) is 1.04. The number of carbonyl (C=O) groups is 2. The quantitative estimate of drug-likeness (QED) is 0.869. The van der Waals surface area contributed by atoms with Crippen LogP contribution < -0.4 is 10.6 Å². The van der Waals surface area contributed by atoms with Crippen LogP contribution in [0.5, 0.6) is 0 Å². The van der Waals surface area contributed by atoms with Gasteiger partial charge in [0, 0.05) is 31.4 Å². The van der Waals surface area contributed by atoms with Gasteiger partial charge in [0.25, 0.3) is 5.91 Å². The second kappa shape index (κ2) is 6.56. The van der Waals surface area contributed by atoms with E-state index >= 15 is 0 Å². The largest absolute Gasteiger partial charge is 0.373 e. The molecule has 6 nitrogen and oxygen atoms in total. The summed E-state index contributed by atoms with van der Waals surface area (Å²) < 4.78 is 0. The molecule has 0 bridgehead atoms. The first-order valence-corrected chi connectivity index (χ1v) is 7.38. The lowest BCUT2D eigenvalue weighted by Crippen LogP contribution is -2.56. The van der Waals surface area contributed by atoms with E-state index in [-0.39, 0.29) is 17.9 Å². The van der Waals surface area contributed by atoms with Crippen molar-refractivity contribution < 1.29 is 9.59 Å². The Hall–Kier alpha value is -2.11. The highest BCUT2D eigenvalue weighted by Crippen LogP contribution is 2.17. The van der Waals surface area contributed by atoms with Crippen molar-refractivity contribution in [3.05, 3.63) is 23.4 Å². The first-order chi connectivity index (χ1) is 10.1. The van der Waals surface area contributed by atoms with Gasteiger partial charge in [-0.15, -0.1) is 0 Å². The van der Waals surface area contributed by atoms with Gasteiger partial charge in [0.1, 0.15) is 11.9 Å². The Morgan fingerprint density at radius 1 is 1.48 bits per heavy atom. The van der Waals surface area contributed by atoms with Crippen molar-refractivity contribution in [1.29, 1.82) is 0 Å². The van der Waals surface area contributed by atoms with Crippen LogP contribution in [0.25, 0.3) is 0 Å². The molecule has 2 amide bonds. The summed E-state index contributed by atoms with van der Waals surface area (Å²) >= 11 is 0. The summed E-state index contributed by atoms with van der Waals surface area (Å²) in [5, 5.41) is 5.78. The Bertz CT molecular complexity index is 522. The van der Waals surface area contributed by atoms with Crippen LogP contribution in [-0.4, -0.2) is 47.9 Å². The summed E-state index contributed by atoms with van der Waals surface area (Å²) in [7, 11) is 1.78. The van der Waals surface area contributed by atoms with Crippen LogP contribution >= 0.6 is 0 Å². The van der Waals surface area contributed by atoms with Gasteiger partial charge in [-0.1, -0.05) is 13.8 Å². The number of piperazine rings is 1. The van der Waals surface area contributed by atoms with E-state index in [2.05, 4.69) is 15.6 Å². The summed E-state index contributed by atoms with van der Waals surface area (Å²) in [5.41, 5.74) is 1.44. The van der Waals surface area contributed by atoms with E-state index < -0.39 is 0 Å². The number of hydrogen-bond acceptors (Lipinski definition) is 4. The Balaban J connectivity index is 2.32. The molecule has 1 aromatic heterocycles. The highest BCUT2D eigenvalue weighted by atomic mass is 16.2. The SMILES string of the molecule is CCc1cc(C(=O)N2CCNC(=O)C2CC)cc(NC)n1. The number of aryl methyl sites for hydroxylation is 1. The lowest BCUT2D eigenvalue weighted by molar-refractivity contribution is -0.127. The van der Waals surface area contributed by atoms with Crippen molar-refractivity contribution in [2.45, 2.75) is 32.7 Å². The van der Waals surface area contributed by atoms with Gasteiger partial charge >= 0.3 is 0 Å². The molecule has 6 heteroatoms. The van der Waals surface area contributed by atoms with Crippen LogP contribution in [0, 0.1) is 0 Å². The Morgan fingerprint density at radius 2 is 2.24 bits per heavy atom. The van der Waals surface area contributed by atoms with Crippen molar-refractivity contribution in [2.75, 3.05) is 25.5 Å². The first-order valence-electron chi connectivity index (χ1n) is 7.38. The maximum atomic E-state index is 12.7. The zero-order valence-electron chi connectivity index (χ0n) is 12.8. The molecule has 0 spiro atoms. The van der Waals surface area contributed by atoms with E-state index in [9.17, 15) is 9.59 Å². The van der Waals surface area contributed by atoms with Crippen molar-refractivity contribution in [1.82, 2.24) is 15.2 Å². The Labute approximate surface area is 124 Å². The molecule has 2 heterocycles. The van der Waals surface area contributed by atoms with Gasteiger partial charge in [-0.3, -0.25) is 9.59 Å². The van der Waals surface area contributed by atoms with E-state index in [4.69, 9.17) is 0 Å². The molecule has 21 heavy (non-hydrogen) atoms. The third-order valence-electron chi connectivity index (χ3n) is 3.72. The second-order valence-electron chi connectivity index (χ2n) is 5.05. The van der Waals surface area contributed by atoms with E-state index in [1.165, 1.54) is 0 Å². The summed E-state index contributed by atoms with van der Waals surface area (Å²) in [5.74, 6) is 0.494. The van der Waals surface area contributed by atoms with E-state index in [1.807, 2.05) is 19.9 Å². The smallest absolute Gasteiger partial charge is 0.254 e. The molecule has 0 aliphatic carbocycles. The molecule has 1 aromatic rings. The summed E-state index contributed by atoms with van der Waals surface area (Å²) in [6.45, 7) is 4.96. The van der Waals surface area contributed by atoms with Crippen molar-refractivity contribution >= 4 is 17.6 Å². The molecule has 0 aromatic carbocycles. The number of pyridine rings is 1. The minimum absolute atomic E-state index is 0.0734. The Kier molecular flexibility index (Phi) is 4.77. The standard InChI is InChI=1S/C15H22N4O2/c1-4-11-8-10(9-13(16-3)18-11)15(21)19-7-6-17-14(20)12(19)5-2/h8-9,12H,4-7H2,1-3H3,(H,16,18)(H,17,20). The molecule has 0 saturated carbocycles. The highest BCUT2D eigenvalue weighted by Gasteiger charge is 2.32. The molecular formula is C15H22N4O2. The van der Waals surface area contributed by atoms with E-state index in [0.29, 0.717) is 30.9 Å². The van der Waals surface area contributed by atoms with Crippen LogP contribution in [0.3, 0.4) is 0 Å². The van der Waals surface area contributed by atoms with Gasteiger partial charge in [-0.05, 0) is 25.0 Å². The highest BCUT2D eigenvalue weighted by molar-refractivity contribution is 5.98. The molecule has 1 saturated heterocycles. The molecule has 1 unspecified atom stereocenters. The van der Waals surface area contributed by atoms with Gasteiger partial charge in [-0.2, -0.15) is 0 Å². The molecule has 1 fully saturated rings. The fourth-order valence-corrected chi connectivity index (χ4v) is 2.55. The van der Waals surface area contributed by atoms with Crippen LogP contribution in [0.1, 0.15) is 36.3 Å². The van der Waals surface area contributed by atoms with Crippen molar-refractivity contribution in [2.24, 2.45) is 0 Å². The van der Waals surface area contributed by atoms with Crippen molar-refractivity contribution in [3.63, 3.8) is 0 Å². The topological polar surface area (TPSA) is 74.3 Å². The van der Waals surface area contributed by atoms with Crippen LogP contribution in [0.2, 0.25) is 0 Å². The maximum Gasteiger partial charge on any atom is 0.254 e. The molecule has 1 atom stereocenters. The number of rotatable bonds is 4. The third kappa shape index (κ3) is 3.15. The van der Waals surface area contributed by atoms with Gasteiger partial charge < -0.3 is 15.5 Å². The maximum absolute atomic E-state index is 12.7. The average molecular weight is 290 g/mol. The number of aromatic nitrogens is 1. The fourth-order valence-electron chi connectivity index (χ4n) is 2.55. The van der Waals surface area contributed by atoms with E-state index in [0.717, 1.165) is 12.1 Å². The number of nitrogens with zero attached hydrogens (tertiary/aromatic N) is 2. The third-order valence-corrected chi connectivity index (χ3v) is 3.72. The molecular weight excluding hydrogens is 268 g/mol. The predicted molar refractivity (Wildman–Crippen MR) is 81.3 cm³/mol. The number of amides is 2. The monoisotopic (exact) mass is 290 g/mol. The van der Waals surface area contributed by atoms with Crippen molar-refractivity contribution in [3.8, 4) is 0 Å². The molecule has 2 N–H and O–H groups in total. The molecule has 0 radical (unpaired) electrons. The lowest BCUT2D eigenvalue weighted by atomic mass is 10.1. The van der Waals surface area contributed by atoms with Gasteiger partial charge in [0.2, 0.25) is 5.91 Å². The summed E-state index contributed by atoms with van der Waals surface area (Å²) in [6, 6.07) is 3.16. The lowest BCUT2D eigenvalue weighted by Gasteiger charge is -2.34. The molecule has 1 aliphatic heterocycles. The Morgan fingerprint density at radius 3 is 2.86 bits per heavy atom. The van der Waals surface area contributed by atoms with E-state index in [1.54, 1.807) is 18.0 Å². The number of carbonyl (C=O) groups excluding carboxylic acids is 2. The molecule has 1 aliphatic rings. The molecule has 114 valence electrons. The average Bonchev–Trinajstić information content (AvgIpc) is 2.53. The normalized spacial score (nSPS) is 18.3. The fraction of sp³-hybridized carbons (Fsp3) is 0.533. The number of anilines is 1. The summed E-state index contributed by atoms with van der Waals surface area (Å²) in [6.07, 6.45) is 1.37. The van der Waals surface area contributed by atoms with Crippen LogP contribution in [0.15, 0.2) is 12.1 Å². The van der Waals surface area contributed by atoms with Gasteiger partial charge in [-0.25, -0.2) is 4.98 Å². The van der Waals surface area contributed by atoms with Crippen LogP contribution in [0.4, 0.5) is 5.82 Å². The van der Waals surface area contributed by atoms with Crippen LogP contribution in [-0.2, 0) is 11.2 Å². The molecule has 2 rings (SSSR count). The number of nitrogens with one attached hydrogen (secondary N) is 2. The first kappa shape index (κ1) is 15.3. The minimum Gasteiger partial charge on any atom is -0.373 e. The zero-order chi connectivity index (χ0) is 15.4. The minimum atomic E-state index is -0.387. The summed E-state index contributed by atoms with van der Waals surface area (Å²) in [4.78, 5) is 30.7. The zero-order valence-corrected chi connectivity index (χ0v) is 12.8. The van der Waals surface area contributed by atoms with Gasteiger partial charge in [0.05, 0.1) is 0 Å². The van der Waals surface area contributed by atoms with Gasteiger partial charge in [0.15, 0.2) is 0 Å². The second-order valence-corrected chi connectivity index (χ2v) is 5.05. The number of hydrogen-bond donors (Lipinski definition) is 2.